The second-order valence-electron chi connectivity index (χ2n) is 6.51. The van der Waals surface area contributed by atoms with Gasteiger partial charge in [0.25, 0.3) is 0 Å². The van der Waals surface area contributed by atoms with Gasteiger partial charge in [0, 0.05) is 58.7 Å². The number of halogens is 1. The van der Waals surface area contributed by atoms with Crippen molar-refractivity contribution in [1.29, 1.82) is 0 Å². The highest BCUT2D eigenvalue weighted by Gasteiger charge is 2.32. The highest BCUT2D eigenvalue weighted by Crippen LogP contribution is 2.24. The molecule has 0 atom stereocenters. The molecule has 0 spiro atoms. The van der Waals surface area contributed by atoms with E-state index in [-0.39, 0.29) is 29.6 Å². The Morgan fingerprint density at radius 2 is 2.00 bits per heavy atom. The summed E-state index contributed by atoms with van der Waals surface area (Å²) in [6.07, 6.45) is 3.91. The summed E-state index contributed by atoms with van der Waals surface area (Å²) in [6.45, 7) is 7.07. The van der Waals surface area contributed by atoms with E-state index < -0.39 is 0 Å². The van der Waals surface area contributed by atoms with Crippen LogP contribution in [0.5, 0.6) is 0 Å². The largest absolute Gasteiger partial charge is 0.381 e. The van der Waals surface area contributed by atoms with E-state index >= 15 is 0 Å². The molecule has 8 heteroatoms. The molecule has 1 aliphatic heterocycles. The topological polar surface area (TPSA) is 80.9 Å². The Morgan fingerprint density at radius 3 is 2.58 bits per heavy atom. The lowest BCUT2D eigenvalue weighted by Crippen LogP contribution is -2.50. The van der Waals surface area contributed by atoms with Crippen LogP contribution >= 0.6 is 24.0 Å². The second-order valence-corrected chi connectivity index (χ2v) is 6.51. The average molecular weight is 480 g/mol. The first-order valence-electron chi connectivity index (χ1n) is 9.19. The molecular weight excluding hydrogens is 447 g/mol. The molecule has 1 saturated heterocycles. The molecular formula is C18H33IN4O3. The molecule has 0 aromatic carbocycles. The van der Waals surface area contributed by atoms with Crippen molar-refractivity contribution in [2.75, 3.05) is 33.9 Å². The van der Waals surface area contributed by atoms with Gasteiger partial charge in [-0.25, -0.2) is 0 Å². The lowest BCUT2D eigenvalue weighted by atomic mass is 9.94. The highest BCUT2D eigenvalue weighted by molar-refractivity contribution is 14.0. The molecule has 1 aromatic rings. The molecule has 1 aromatic heterocycles. The van der Waals surface area contributed by atoms with Crippen LogP contribution in [0.4, 0.5) is 0 Å². The van der Waals surface area contributed by atoms with Gasteiger partial charge in [-0.2, -0.15) is 0 Å². The maximum atomic E-state index is 5.74. The number of aromatic nitrogens is 1. The fourth-order valence-electron chi connectivity index (χ4n) is 3.14. The van der Waals surface area contributed by atoms with Crippen LogP contribution in [0.3, 0.4) is 0 Å². The molecule has 0 saturated carbocycles. The highest BCUT2D eigenvalue weighted by atomic mass is 127. The summed E-state index contributed by atoms with van der Waals surface area (Å²) in [5.74, 6) is 2.01. The van der Waals surface area contributed by atoms with Crippen molar-refractivity contribution in [3.05, 3.63) is 17.5 Å². The van der Waals surface area contributed by atoms with Crippen LogP contribution in [0.25, 0.3) is 0 Å². The predicted octanol–water partition coefficient (Wildman–Crippen LogP) is 3.06. The van der Waals surface area contributed by atoms with Gasteiger partial charge < -0.3 is 24.6 Å². The van der Waals surface area contributed by atoms with E-state index in [4.69, 9.17) is 14.0 Å². The number of hydrogen-bond acceptors (Lipinski definition) is 5. The number of hydrogen-bond donors (Lipinski definition) is 2. The number of methoxy groups -OCH3 is 1. The van der Waals surface area contributed by atoms with Crippen molar-refractivity contribution >= 4 is 29.9 Å². The smallest absolute Gasteiger partial charge is 0.191 e. The fraction of sp³-hybridized carbons (Fsp3) is 0.778. The summed E-state index contributed by atoms with van der Waals surface area (Å²) in [5, 5.41) is 10.8. The summed E-state index contributed by atoms with van der Waals surface area (Å²) in [6, 6.07) is 2.03. The first-order chi connectivity index (χ1) is 12.2. The van der Waals surface area contributed by atoms with Gasteiger partial charge >= 0.3 is 0 Å². The monoisotopic (exact) mass is 480 g/mol. The van der Waals surface area contributed by atoms with E-state index in [1.54, 1.807) is 14.2 Å². The maximum absolute atomic E-state index is 5.74. The Hall–Kier alpha value is -0.870. The quantitative estimate of drug-likeness (QED) is 0.338. The number of nitrogens with zero attached hydrogens (tertiary/aromatic N) is 2. The third kappa shape index (κ3) is 6.38. The zero-order valence-corrected chi connectivity index (χ0v) is 18.7. The van der Waals surface area contributed by atoms with Gasteiger partial charge in [0.15, 0.2) is 11.7 Å². The van der Waals surface area contributed by atoms with Crippen LogP contribution < -0.4 is 10.6 Å². The number of ether oxygens (including phenoxy) is 2. The molecule has 1 fully saturated rings. The molecule has 0 bridgehead atoms. The van der Waals surface area contributed by atoms with E-state index in [1.165, 1.54) is 0 Å². The van der Waals surface area contributed by atoms with Gasteiger partial charge in [0.1, 0.15) is 0 Å². The van der Waals surface area contributed by atoms with Crippen molar-refractivity contribution in [3.63, 3.8) is 0 Å². The lowest BCUT2D eigenvalue weighted by Gasteiger charge is -2.36. The van der Waals surface area contributed by atoms with Gasteiger partial charge in [0.2, 0.25) is 0 Å². The zero-order valence-electron chi connectivity index (χ0n) is 16.3. The van der Waals surface area contributed by atoms with Gasteiger partial charge in [0.05, 0.1) is 17.8 Å². The predicted molar refractivity (Wildman–Crippen MR) is 113 cm³/mol. The summed E-state index contributed by atoms with van der Waals surface area (Å²) in [4.78, 5) is 4.27. The summed E-state index contributed by atoms with van der Waals surface area (Å²) in [7, 11) is 3.52. The molecule has 150 valence electrons. The second kappa shape index (κ2) is 11.8. The van der Waals surface area contributed by atoms with E-state index in [0.717, 1.165) is 56.3 Å². The Kier molecular flexibility index (Phi) is 10.5. The van der Waals surface area contributed by atoms with Crippen LogP contribution in [-0.4, -0.2) is 50.6 Å². The van der Waals surface area contributed by atoms with Crippen molar-refractivity contribution in [2.24, 2.45) is 4.99 Å². The van der Waals surface area contributed by atoms with Crippen molar-refractivity contribution in [2.45, 2.75) is 57.6 Å². The molecule has 26 heavy (non-hydrogen) atoms. The first-order valence-corrected chi connectivity index (χ1v) is 9.19. The SMILES string of the molecule is CCC(CC)c1cc(CNC(=NC)NCC2(OC)CCOCC2)on1.I. The van der Waals surface area contributed by atoms with Crippen molar-refractivity contribution in [1.82, 2.24) is 15.8 Å². The van der Waals surface area contributed by atoms with Crippen LogP contribution in [0.1, 0.15) is 56.9 Å². The summed E-state index contributed by atoms with van der Waals surface area (Å²) < 4.78 is 16.6. The van der Waals surface area contributed by atoms with Gasteiger partial charge in [-0.3, -0.25) is 4.99 Å². The Bertz CT molecular complexity index is 540. The van der Waals surface area contributed by atoms with E-state index in [2.05, 4.69) is 34.6 Å². The van der Waals surface area contributed by atoms with Crippen molar-refractivity contribution in [3.8, 4) is 0 Å². The standard InChI is InChI=1S/C18H32N4O3.HI/c1-5-14(6-2)16-11-15(25-22-16)12-20-17(19-3)21-13-18(23-4)7-9-24-10-8-18;/h11,14H,5-10,12-13H2,1-4H3,(H2,19,20,21);1H. The molecule has 0 unspecified atom stereocenters. The lowest BCUT2D eigenvalue weighted by molar-refractivity contribution is -0.0855. The van der Waals surface area contributed by atoms with Gasteiger partial charge in [-0.15, -0.1) is 24.0 Å². The molecule has 1 aliphatic rings. The zero-order chi connectivity index (χ0) is 18.1. The molecule has 0 aliphatic carbocycles. The molecule has 2 N–H and O–H groups in total. The average Bonchev–Trinajstić information content (AvgIpc) is 3.12. The molecule has 0 amide bonds. The summed E-state index contributed by atoms with van der Waals surface area (Å²) >= 11 is 0. The molecule has 2 rings (SSSR count). The Morgan fingerprint density at radius 1 is 1.31 bits per heavy atom. The normalized spacial score (nSPS) is 17.0. The van der Waals surface area contributed by atoms with Gasteiger partial charge in [-0.05, 0) is 12.8 Å². The Balaban J connectivity index is 0.00000338. The van der Waals surface area contributed by atoms with E-state index in [1.807, 2.05) is 6.07 Å². The fourth-order valence-corrected chi connectivity index (χ4v) is 3.14. The number of guanidine groups is 1. The summed E-state index contributed by atoms with van der Waals surface area (Å²) in [5.41, 5.74) is 0.843. The molecule has 7 nitrogen and oxygen atoms in total. The third-order valence-electron chi connectivity index (χ3n) is 5.05. The first kappa shape index (κ1) is 23.2. The number of rotatable bonds is 8. The van der Waals surface area contributed by atoms with Crippen LogP contribution in [0.2, 0.25) is 0 Å². The van der Waals surface area contributed by atoms with Crippen LogP contribution in [0.15, 0.2) is 15.6 Å². The van der Waals surface area contributed by atoms with Crippen molar-refractivity contribution < 1.29 is 14.0 Å². The Labute approximate surface area is 173 Å². The van der Waals surface area contributed by atoms with Gasteiger partial charge in [-0.1, -0.05) is 19.0 Å². The minimum Gasteiger partial charge on any atom is -0.381 e. The third-order valence-corrected chi connectivity index (χ3v) is 5.05. The van der Waals surface area contributed by atoms with E-state index in [9.17, 15) is 0 Å². The molecule has 0 radical (unpaired) electrons. The number of nitrogens with one attached hydrogen (secondary N) is 2. The minimum absolute atomic E-state index is 0. The van der Waals surface area contributed by atoms with E-state index in [0.29, 0.717) is 19.0 Å². The maximum Gasteiger partial charge on any atom is 0.191 e. The minimum atomic E-state index is -0.190. The number of aliphatic imine (C=N–C) groups is 1. The van der Waals surface area contributed by atoms with Crippen LogP contribution in [0, 0.1) is 0 Å². The molecule has 2 heterocycles. The van der Waals surface area contributed by atoms with Crippen LogP contribution in [-0.2, 0) is 16.0 Å².